The van der Waals surface area contributed by atoms with Crippen molar-refractivity contribution in [1.82, 2.24) is 4.98 Å². The maximum Gasteiger partial charge on any atom is 0.0944 e. The zero-order chi connectivity index (χ0) is 8.44. The van der Waals surface area contributed by atoms with Crippen molar-refractivity contribution in [3.05, 3.63) is 16.6 Å². The molecule has 0 amide bonds. The molecular formula is C8H12N2OS. The molecule has 0 spiro atoms. The zero-order valence-electron chi connectivity index (χ0n) is 6.82. The molecular weight excluding hydrogens is 172 g/mol. The molecule has 0 saturated carbocycles. The molecule has 0 bridgehead atoms. The van der Waals surface area contributed by atoms with Crippen molar-refractivity contribution >= 4 is 11.3 Å². The Morgan fingerprint density at radius 1 is 1.75 bits per heavy atom. The fraction of sp³-hybridized carbons (Fsp3) is 0.625. The first kappa shape index (κ1) is 8.16. The van der Waals surface area contributed by atoms with Crippen LogP contribution in [0.2, 0.25) is 0 Å². The molecule has 1 unspecified atom stereocenters. The molecule has 1 saturated heterocycles. The molecule has 2 N–H and O–H groups in total. The van der Waals surface area contributed by atoms with Crippen molar-refractivity contribution in [2.75, 3.05) is 13.2 Å². The topological polar surface area (TPSA) is 48.1 Å². The Morgan fingerprint density at radius 3 is 3.25 bits per heavy atom. The van der Waals surface area contributed by atoms with E-state index >= 15 is 0 Å². The van der Waals surface area contributed by atoms with Gasteiger partial charge in [0.2, 0.25) is 0 Å². The largest absolute Gasteiger partial charge is 0.379 e. The Bertz CT molecular complexity index is 242. The van der Waals surface area contributed by atoms with Gasteiger partial charge in [-0.3, -0.25) is 0 Å². The van der Waals surface area contributed by atoms with Crippen LogP contribution in [-0.2, 0) is 11.2 Å². The summed E-state index contributed by atoms with van der Waals surface area (Å²) in [6.45, 7) is 1.47. The molecule has 0 aliphatic carbocycles. The maximum absolute atomic E-state index is 6.09. The SMILES string of the molecule is NC1(Cc2nccs2)CCOC1. The molecule has 0 aromatic carbocycles. The van der Waals surface area contributed by atoms with Crippen LogP contribution in [0.4, 0.5) is 0 Å². The summed E-state index contributed by atoms with van der Waals surface area (Å²) >= 11 is 1.66. The van der Waals surface area contributed by atoms with E-state index in [9.17, 15) is 0 Å². The summed E-state index contributed by atoms with van der Waals surface area (Å²) in [5.41, 5.74) is 5.94. The lowest BCUT2D eigenvalue weighted by Crippen LogP contribution is -2.42. The minimum atomic E-state index is -0.155. The van der Waals surface area contributed by atoms with Gasteiger partial charge >= 0.3 is 0 Å². The highest BCUT2D eigenvalue weighted by molar-refractivity contribution is 7.09. The third-order valence-electron chi connectivity index (χ3n) is 2.12. The molecule has 1 fully saturated rings. The van der Waals surface area contributed by atoms with Crippen molar-refractivity contribution in [2.45, 2.75) is 18.4 Å². The van der Waals surface area contributed by atoms with E-state index in [0.29, 0.717) is 6.61 Å². The highest BCUT2D eigenvalue weighted by Crippen LogP contribution is 2.21. The summed E-state index contributed by atoms with van der Waals surface area (Å²) in [6, 6.07) is 0. The van der Waals surface area contributed by atoms with E-state index < -0.39 is 0 Å². The second kappa shape index (κ2) is 3.12. The normalized spacial score (nSPS) is 29.4. The Morgan fingerprint density at radius 2 is 2.67 bits per heavy atom. The van der Waals surface area contributed by atoms with Crippen molar-refractivity contribution in [3.63, 3.8) is 0 Å². The van der Waals surface area contributed by atoms with Crippen molar-refractivity contribution < 1.29 is 4.74 Å². The highest BCUT2D eigenvalue weighted by atomic mass is 32.1. The van der Waals surface area contributed by atoms with Crippen LogP contribution in [0.15, 0.2) is 11.6 Å². The average molecular weight is 184 g/mol. The third kappa shape index (κ3) is 1.65. The van der Waals surface area contributed by atoms with E-state index in [-0.39, 0.29) is 5.54 Å². The molecule has 3 nitrogen and oxygen atoms in total. The first-order chi connectivity index (χ1) is 5.79. The molecule has 1 aromatic rings. The van der Waals surface area contributed by atoms with Gasteiger partial charge in [0.25, 0.3) is 0 Å². The molecule has 1 atom stereocenters. The average Bonchev–Trinajstić information content (AvgIpc) is 2.62. The van der Waals surface area contributed by atoms with Crippen molar-refractivity contribution in [1.29, 1.82) is 0 Å². The highest BCUT2D eigenvalue weighted by Gasteiger charge is 2.31. The molecule has 0 radical (unpaired) electrons. The third-order valence-corrected chi connectivity index (χ3v) is 2.90. The van der Waals surface area contributed by atoms with E-state index in [1.165, 1.54) is 0 Å². The Labute approximate surface area is 75.6 Å². The molecule has 12 heavy (non-hydrogen) atoms. The number of nitrogens with two attached hydrogens (primary N) is 1. The van der Waals surface area contributed by atoms with Gasteiger partial charge in [0.05, 0.1) is 11.6 Å². The van der Waals surface area contributed by atoms with Gasteiger partial charge in [-0.05, 0) is 6.42 Å². The van der Waals surface area contributed by atoms with Gasteiger partial charge in [-0.25, -0.2) is 4.98 Å². The number of aromatic nitrogens is 1. The Hall–Kier alpha value is -0.450. The van der Waals surface area contributed by atoms with E-state index in [1.54, 1.807) is 11.3 Å². The second-order valence-electron chi connectivity index (χ2n) is 3.27. The lowest BCUT2D eigenvalue weighted by atomic mass is 9.96. The number of hydrogen-bond acceptors (Lipinski definition) is 4. The number of thiazole rings is 1. The molecule has 2 heterocycles. The molecule has 1 aromatic heterocycles. The van der Waals surface area contributed by atoms with Crippen LogP contribution in [-0.4, -0.2) is 23.7 Å². The minimum absolute atomic E-state index is 0.155. The zero-order valence-corrected chi connectivity index (χ0v) is 7.64. The van der Waals surface area contributed by atoms with Crippen LogP contribution < -0.4 is 5.73 Å². The fourth-order valence-corrected chi connectivity index (χ4v) is 2.18. The molecule has 4 heteroatoms. The number of hydrogen-bond donors (Lipinski definition) is 1. The van der Waals surface area contributed by atoms with Crippen LogP contribution in [0.3, 0.4) is 0 Å². The summed E-state index contributed by atoms with van der Waals surface area (Å²) in [5.74, 6) is 0. The maximum atomic E-state index is 6.09. The minimum Gasteiger partial charge on any atom is -0.379 e. The van der Waals surface area contributed by atoms with Crippen molar-refractivity contribution in [3.8, 4) is 0 Å². The summed E-state index contributed by atoms with van der Waals surface area (Å²) in [7, 11) is 0. The van der Waals surface area contributed by atoms with Gasteiger partial charge in [-0.15, -0.1) is 11.3 Å². The number of rotatable bonds is 2. The predicted molar refractivity (Wildman–Crippen MR) is 48.2 cm³/mol. The van der Waals surface area contributed by atoms with E-state index in [2.05, 4.69) is 4.98 Å². The summed E-state index contributed by atoms with van der Waals surface area (Å²) in [5, 5.41) is 3.09. The van der Waals surface area contributed by atoms with Crippen LogP contribution >= 0.6 is 11.3 Å². The number of ether oxygens (including phenoxy) is 1. The summed E-state index contributed by atoms with van der Waals surface area (Å²) < 4.78 is 5.26. The van der Waals surface area contributed by atoms with Gasteiger partial charge in [0, 0.05) is 30.1 Å². The molecule has 2 rings (SSSR count). The van der Waals surface area contributed by atoms with E-state index in [4.69, 9.17) is 10.5 Å². The van der Waals surface area contributed by atoms with Crippen LogP contribution in [0.1, 0.15) is 11.4 Å². The van der Waals surface area contributed by atoms with E-state index in [1.807, 2.05) is 11.6 Å². The standard InChI is InChI=1S/C8H12N2OS/c9-8(1-3-11-6-8)5-7-10-2-4-12-7/h2,4H,1,3,5-6,9H2. The fourth-order valence-electron chi connectivity index (χ4n) is 1.40. The smallest absolute Gasteiger partial charge is 0.0944 e. The van der Waals surface area contributed by atoms with Crippen LogP contribution in [0.5, 0.6) is 0 Å². The first-order valence-electron chi connectivity index (χ1n) is 4.04. The Balaban J connectivity index is 2.02. The van der Waals surface area contributed by atoms with Crippen molar-refractivity contribution in [2.24, 2.45) is 5.73 Å². The van der Waals surface area contributed by atoms with Gasteiger partial charge in [-0.2, -0.15) is 0 Å². The van der Waals surface area contributed by atoms with Gasteiger partial charge in [0.15, 0.2) is 0 Å². The van der Waals surface area contributed by atoms with Gasteiger partial charge in [-0.1, -0.05) is 0 Å². The monoisotopic (exact) mass is 184 g/mol. The van der Waals surface area contributed by atoms with Gasteiger partial charge < -0.3 is 10.5 Å². The molecule has 1 aliphatic rings. The lowest BCUT2D eigenvalue weighted by Gasteiger charge is -2.19. The second-order valence-corrected chi connectivity index (χ2v) is 4.25. The first-order valence-corrected chi connectivity index (χ1v) is 4.91. The predicted octanol–water partition coefficient (Wildman–Crippen LogP) is 0.803. The summed E-state index contributed by atoms with van der Waals surface area (Å²) in [6.07, 6.45) is 3.62. The summed E-state index contributed by atoms with van der Waals surface area (Å²) in [4.78, 5) is 4.21. The van der Waals surface area contributed by atoms with Gasteiger partial charge in [0.1, 0.15) is 0 Å². The van der Waals surface area contributed by atoms with E-state index in [0.717, 1.165) is 24.5 Å². The van der Waals surface area contributed by atoms with Crippen LogP contribution in [0, 0.1) is 0 Å². The lowest BCUT2D eigenvalue weighted by molar-refractivity contribution is 0.178. The Kier molecular flexibility index (Phi) is 2.12. The number of nitrogens with zero attached hydrogens (tertiary/aromatic N) is 1. The molecule has 66 valence electrons. The van der Waals surface area contributed by atoms with Crippen LogP contribution in [0.25, 0.3) is 0 Å². The quantitative estimate of drug-likeness (QED) is 0.739. The molecule has 1 aliphatic heterocycles.